The number of anilines is 1. The summed E-state index contributed by atoms with van der Waals surface area (Å²) >= 11 is 0. The Kier molecular flexibility index (Phi) is 4.97. The van der Waals surface area contributed by atoms with Crippen LogP contribution in [0.3, 0.4) is 0 Å². The fourth-order valence-corrected chi connectivity index (χ4v) is 2.90. The molecule has 0 saturated carbocycles. The molecule has 0 amide bonds. The molecule has 0 aliphatic carbocycles. The summed E-state index contributed by atoms with van der Waals surface area (Å²) in [5, 5.41) is 13.0. The van der Waals surface area contributed by atoms with E-state index in [1.165, 1.54) is 19.3 Å². The lowest BCUT2D eigenvalue weighted by Crippen LogP contribution is -2.44. The molecule has 4 nitrogen and oxygen atoms in total. The molecule has 2 rings (SSSR count). The maximum Gasteiger partial charge on any atom is 0.147 e. The number of hydrogen-bond donors (Lipinski definition) is 1. The number of pyridine rings is 1. The van der Waals surface area contributed by atoms with E-state index in [2.05, 4.69) is 28.2 Å². The number of nitrogens with zero attached hydrogens (tertiary/aromatic N) is 3. The molecule has 1 N–H and O–H groups in total. The molecule has 1 atom stereocenters. The van der Waals surface area contributed by atoms with Gasteiger partial charge in [0.15, 0.2) is 0 Å². The number of likely N-dealkylation sites (N-methyl/N-ethyl adjacent to an activating group) is 1. The number of hydrogen-bond acceptors (Lipinski definition) is 4. The van der Waals surface area contributed by atoms with Crippen molar-refractivity contribution in [2.24, 2.45) is 0 Å². The smallest absolute Gasteiger partial charge is 0.147 e. The molecule has 2 heterocycles. The quantitative estimate of drug-likeness (QED) is 0.915. The third-order valence-corrected chi connectivity index (χ3v) is 3.97. The van der Waals surface area contributed by atoms with Crippen molar-refractivity contribution in [2.45, 2.75) is 46.1 Å². The van der Waals surface area contributed by atoms with Gasteiger partial charge in [0.25, 0.3) is 0 Å². The van der Waals surface area contributed by atoms with Gasteiger partial charge in [-0.3, -0.25) is 0 Å². The van der Waals surface area contributed by atoms with Crippen molar-refractivity contribution in [1.29, 1.82) is 5.26 Å². The summed E-state index contributed by atoms with van der Waals surface area (Å²) in [4.78, 5) is 6.85. The van der Waals surface area contributed by atoms with Gasteiger partial charge in [-0.1, -0.05) is 6.42 Å². The Labute approximate surface area is 121 Å². The highest BCUT2D eigenvalue weighted by molar-refractivity contribution is 5.58. The second-order valence-electron chi connectivity index (χ2n) is 5.58. The van der Waals surface area contributed by atoms with Gasteiger partial charge in [0.05, 0.1) is 5.56 Å². The van der Waals surface area contributed by atoms with Gasteiger partial charge in [-0.25, -0.2) is 4.98 Å². The average Bonchev–Trinajstić information content (AvgIpc) is 2.45. The van der Waals surface area contributed by atoms with Gasteiger partial charge in [-0.15, -0.1) is 0 Å². The van der Waals surface area contributed by atoms with Crippen LogP contribution < -0.4 is 10.2 Å². The summed E-state index contributed by atoms with van der Waals surface area (Å²) < 4.78 is 0. The predicted octanol–water partition coefficient (Wildman–Crippen LogP) is 2.54. The minimum Gasteiger partial charge on any atom is -0.354 e. The third-order valence-electron chi connectivity index (χ3n) is 3.97. The van der Waals surface area contributed by atoms with Crippen LogP contribution in [0.5, 0.6) is 0 Å². The molecular formula is C16H24N4. The van der Waals surface area contributed by atoms with Crippen LogP contribution in [-0.2, 0) is 0 Å². The van der Waals surface area contributed by atoms with E-state index >= 15 is 0 Å². The first-order valence-electron chi connectivity index (χ1n) is 7.52. The molecule has 20 heavy (non-hydrogen) atoms. The van der Waals surface area contributed by atoms with E-state index in [0.29, 0.717) is 11.6 Å². The van der Waals surface area contributed by atoms with Gasteiger partial charge in [-0.05, 0) is 51.8 Å². The highest BCUT2D eigenvalue weighted by Gasteiger charge is 2.20. The largest absolute Gasteiger partial charge is 0.354 e. The van der Waals surface area contributed by atoms with E-state index in [1.807, 2.05) is 19.9 Å². The lowest BCUT2D eigenvalue weighted by atomic mass is 10.0. The van der Waals surface area contributed by atoms with E-state index in [1.54, 1.807) is 0 Å². The summed E-state index contributed by atoms with van der Waals surface area (Å²) in [7, 11) is 0. The van der Waals surface area contributed by atoms with Gasteiger partial charge in [0.1, 0.15) is 11.9 Å². The molecule has 108 valence electrons. The van der Waals surface area contributed by atoms with Gasteiger partial charge in [0.2, 0.25) is 0 Å². The lowest BCUT2D eigenvalue weighted by Gasteiger charge is -2.31. The van der Waals surface area contributed by atoms with E-state index < -0.39 is 0 Å². The fourth-order valence-electron chi connectivity index (χ4n) is 2.90. The molecule has 1 aromatic heterocycles. The van der Waals surface area contributed by atoms with Crippen LogP contribution in [0.25, 0.3) is 0 Å². The first kappa shape index (κ1) is 14.8. The van der Waals surface area contributed by atoms with Crippen LogP contribution in [0, 0.1) is 25.2 Å². The van der Waals surface area contributed by atoms with E-state index in [0.717, 1.165) is 36.7 Å². The van der Waals surface area contributed by atoms with Gasteiger partial charge in [-0.2, -0.15) is 5.26 Å². The van der Waals surface area contributed by atoms with Crippen LogP contribution in [0.4, 0.5) is 5.82 Å². The first-order valence-corrected chi connectivity index (χ1v) is 7.52. The summed E-state index contributed by atoms with van der Waals surface area (Å²) in [5.74, 6) is 0.847. The maximum absolute atomic E-state index is 9.41. The van der Waals surface area contributed by atoms with Gasteiger partial charge < -0.3 is 10.2 Å². The molecule has 1 saturated heterocycles. The number of nitrogens with one attached hydrogen (secondary N) is 1. The lowest BCUT2D eigenvalue weighted by molar-refractivity contribution is 0.399. The molecule has 0 bridgehead atoms. The van der Waals surface area contributed by atoms with E-state index in [9.17, 15) is 5.26 Å². The fraction of sp³-hybridized carbons (Fsp3) is 0.625. The van der Waals surface area contributed by atoms with Crippen LogP contribution in [0.15, 0.2) is 6.07 Å². The van der Waals surface area contributed by atoms with Crippen molar-refractivity contribution in [3.8, 4) is 6.07 Å². The Morgan fingerprint density at radius 3 is 2.85 bits per heavy atom. The van der Waals surface area contributed by atoms with Crippen molar-refractivity contribution in [3.63, 3.8) is 0 Å². The second kappa shape index (κ2) is 6.71. The molecule has 1 unspecified atom stereocenters. The summed E-state index contributed by atoms with van der Waals surface area (Å²) in [5.41, 5.74) is 2.71. The van der Waals surface area contributed by atoms with Crippen molar-refractivity contribution in [2.75, 3.05) is 24.5 Å². The third kappa shape index (κ3) is 3.29. The Hall–Kier alpha value is -1.60. The van der Waals surface area contributed by atoms with Gasteiger partial charge in [0, 0.05) is 24.8 Å². The highest BCUT2D eigenvalue weighted by Crippen LogP contribution is 2.22. The summed E-state index contributed by atoms with van der Waals surface area (Å²) in [6, 6.07) is 4.81. The summed E-state index contributed by atoms with van der Waals surface area (Å²) in [6.07, 6.45) is 3.78. The van der Waals surface area contributed by atoms with Crippen LogP contribution in [-0.4, -0.2) is 30.7 Å². The molecule has 0 radical (unpaired) electrons. The van der Waals surface area contributed by atoms with Crippen molar-refractivity contribution in [1.82, 2.24) is 10.3 Å². The monoisotopic (exact) mass is 272 g/mol. The second-order valence-corrected chi connectivity index (χ2v) is 5.58. The number of piperidine rings is 1. The van der Waals surface area contributed by atoms with Crippen molar-refractivity contribution >= 4 is 5.82 Å². The Bertz CT molecular complexity index is 498. The number of nitriles is 1. The van der Waals surface area contributed by atoms with Crippen molar-refractivity contribution in [3.05, 3.63) is 22.9 Å². The molecular weight excluding hydrogens is 248 g/mol. The predicted molar refractivity (Wildman–Crippen MR) is 82.0 cm³/mol. The molecule has 0 aromatic carbocycles. The van der Waals surface area contributed by atoms with Crippen LogP contribution >= 0.6 is 0 Å². The molecule has 1 aromatic rings. The standard InChI is InChI=1S/C16H24N4/c1-4-20(11-14-7-5-6-8-18-14)16-15(10-17)12(2)9-13(3)19-16/h9,14,18H,4-8,11H2,1-3H3. The number of rotatable bonds is 4. The molecule has 1 aliphatic heterocycles. The maximum atomic E-state index is 9.41. The number of aromatic nitrogens is 1. The van der Waals surface area contributed by atoms with Crippen molar-refractivity contribution < 1.29 is 0 Å². The minimum absolute atomic E-state index is 0.512. The van der Waals surface area contributed by atoms with Crippen LogP contribution in [0.1, 0.15) is 43.0 Å². The van der Waals surface area contributed by atoms with Gasteiger partial charge >= 0.3 is 0 Å². The normalized spacial score (nSPS) is 18.6. The Morgan fingerprint density at radius 2 is 2.25 bits per heavy atom. The molecule has 1 fully saturated rings. The highest BCUT2D eigenvalue weighted by atomic mass is 15.2. The average molecular weight is 272 g/mol. The molecule has 4 heteroatoms. The molecule has 1 aliphatic rings. The Balaban J connectivity index is 2.24. The number of aryl methyl sites for hydroxylation is 2. The molecule has 0 spiro atoms. The topological polar surface area (TPSA) is 52.0 Å². The zero-order valence-electron chi connectivity index (χ0n) is 12.7. The first-order chi connectivity index (χ1) is 9.65. The van der Waals surface area contributed by atoms with E-state index in [4.69, 9.17) is 0 Å². The summed E-state index contributed by atoms with van der Waals surface area (Å²) in [6.45, 7) is 9.02. The van der Waals surface area contributed by atoms with Crippen LogP contribution in [0.2, 0.25) is 0 Å². The Morgan fingerprint density at radius 1 is 1.45 bits per heavy atom. The zero-order valence-corrected chi connectivity index (χ0v) is 12.7. The SMILES string of the molecule is CCN(CC1CCCCN1)c1nc(C)cc(C)c1C#N. The zero-order chi connectivity index (χ0) is 14.5. The minimum atomic E-state index is 0.512. The van der Waals surface area contributed by atoms with E-state index in [-0.39, 0.29) is 0 Å².